The van der Waals surface area contributed by atoms with Crippen LogP contribution in [0.2, 0.25) is 0 Å². The zero-order valence-electron chi connectivity index (χ0n) is 28.7. The maximum atomic E-state index is 14.7. The van der Waals surface area contributed by atoms with Crippen LogP contribution in [0.25, 0.3) is 0 Å². The lowest BCUT2D eigenvalue weighted by molar-refractivity contribution is -0.134. The number of carbonyl (C=O) groups excluding carboxylic acids is 2. The van der Waals surface area contributed by atoms with Crippen LogP contribution in [0.15, 0.2) is 44.5 Å². The summed E-state index contributed by atoms with van der Waals surface area (Å²) in [5.74, 6) is 3.63. The molecule has 246 valence electrons. The summed E-state index contributed by atoms with van der Waals surface area (Å²) in [6.45, 7) is 18.5. The normalized spacial score (nSPS) is 25.0. The topological polar surface area (TPSA) is 102 Å². The van der Waals surface area contributed by atoms with Crippen molar-refractivity contribution in [3.8, 4) is 0 Å². The van der Waals surface area contributed by atoms with Gasteiger partial charge in [-0.1, -0.05) is 60.6 Å². The lowest BCUT2D eigenvalue weighted by Gasteiger charge is -2.47. The highest BCUT2D eigenvalue weighted by Crippen LogP contribution is 2.50. The van der Waals surface area contributed by atoms with Gasteiger partial charge in [0, 0.05) is 18.7 Å². The molecule has 0 aromatic heterocycles. The second kappa shape index (κ2) is 13.7. The number of amides is 2. The van der Waals surface area contributed by atoms with Crippen LogP contribution in [0.3, 0.4) is 0 Å². The number of likely N-dealkylation sites (tertiary alicyclic amines) is 1. The average molecular weight is 618 g/mol. The van der Waals surface area contributed by atoms with Gasteiger partial charge in [0.1, 0.15) is 5.66 Å². The first-order valence-corrected chi connectivity index (χ1v) is 17.4. The van der Waals surface area contributed by atoms with Gasteiger partial charge in [-0.25, -0.2) is 9.98 Å². The smallest absolute Gasteiger partial charge is 0.291 e. The van der Waals surface area contributed by atoms with Gasteiger partial charge in [-0.3, -0.25) is 9.59 Å². The third kappa shape index (κ3) is 7.49. The van der Waals surface area contributed by atoms with Crippen LogP contribution in [0.4, 0.5) is 0 Å². The Morgan fingerprint density at radius 1 is 1.00 bits per heavy atom. The fourth-order valence-corrected chi connectivity index (χ4v) is 7.71. The van der Waals surface area contributed by atoms with Gasteiger partial charge in [0.25, 0.3) is 11.8 Å². The molecule has 1 N–H and O–H groups in total. The second-order valence-electron chi connectivity index (χ2n) is 15.6. The van der Waals surface area contributed by atoms with E-state index in [-0.39, 0.29) is 29.8 Å². The average Bonchev–Trinajstić information content (AvgIpc) is 3.63. The highest BCUT2D eigenvalue weighted by atomic mass is 16.2. The molecular formula is C36H55N7O2. The van der Waals surface area contributed by atoms with Gasteiger partial charge in [-0.05, 0) is 98.1 Å². The fourth-order valence-electron chi connectivity index (χ4n) is 7.71. The monoisotopic (exact) mass is 617 g/mol. The number of nitrogens with one attached hydrogen (secondary N) is 1. The van der Waals surface area contributed by atoms with Crippen molar-refractivity contribution in [1.29, 1.82) is 0 Å². The summed E-state index contributed by atoms with van der Waals surface area (Å²) in [5, 5.41) is 10.7. The number of hydrogen-bond acceptors (Lipinski definition) is 7. The molecule has 9 nitrogen and oxygen atoms in total. The third-order valence-electron chi connectivity index (χ3n) is 10.8. The number of rotatable bonds is 9. The molecule has 1 aliphatic carbocycles. The van der Waals surface area contributed by atoms with Crippen molar-refractivity contribution < 1.29 is 9.59 Å². The molecule has 0 bridgehead atoms. The van der Waals surface area contributed by atoms with Gasteiger partial charge < -0.3 is 15.1 Å². The van der Waals surface area contributed by atoms with Gasteiger partial charge >= 0.3 is 0 Å². The number of benzene rings is 1. The van der Waals surface area contributed by atoms with Crippen molar-refractivity contribution in [3.63, 3.8) is 0 Å². The first-order valence-electron chi connectivity index (χ1n) is 17.4. The molecular weight excluding hydrogens is 562 g/mol. The molecule has 3 heterocycles. The Bertz CT molecular complexity index is 1290. The van der Waals surface area contributed by atoms with Gasteiger partial charge in [-0.15, -0.1) is 5.11 Å². The van der Waals surface area contributed by atoms with Crippen LogP contribution in [-0.2, 0) is 4.79 Å². The lowest BCUT2D eigenvalue weighted by atomic mass is 9.69. The first-order chi connectivity index (χ1) is 21.4. The van der Waals surface area contributed by atoms with Crippen LogP contribution in [0.5, 0.6) is 0 Å². The SMILES string of the molecule is CC(C)CC[C@H](c1ccc(C(=O)NCC2=NCN=N2)cc1)N1C(=O)C(N2CCC(C(C)C)CC2)=NC12CCC(C(C)(C)C)CC2. The molecule has 1 atom stereocenters. The van der Waals surface area contributed by atoms with Crippen molar-refractivity contribution in [2.75, 3.05) is 26.3 Å². The van der Waals surface area contributed by atoms with Crippen molar-refractivity contribution in [2.45, 2.75) is 112 Å². The highest BCUT2D eigenvalue weighted by molar-refractivity contribution is 6.39. The molecule has 4 aliphatic rings. The summed E-state index contributed by atoms with van der Waals surface area (Å²) in [7, 11) is 0. The van der Waals surface area contributed by atoms with Crippen molar-refractivity contribution >= 4 is 23.5 Å². The largest absolute Gasteiger partial charge is 0.352 e. The Balaban J connectivity index is 1.43. The maximum Gasteiger partial charge on any atom is 0.291 e. The van der Waals surface area contributed by atoms with E-state index >= 15 is 0 Å². The van der Waals surface area contributed by atoms with Gasteiger partial charge in [0.05, 0.1) is 12.6 Å². The van der Waals surface area contributed by atoms with E-state index in [1.807, 2.05) is 24.3 Å². The van der Waals surface area contributed by atoms with Gasteiger partial charge in [0.2, 0.25) is 0 Å². The molecule has 2 amide bonds. The number of amidine groups is 2. The Labute approximate surface area is 270 Å². The standard InChI is InChI=1S/C36H55N7O2/c1-24(2)8-13-30(27-9-11-28(12-10-27)33(44)37-22-31-38-23-39-41-31)43-34(45)32(42-20-16-26(17-21-42)25(3)4)40-36(43)18-14-29(15-19-36)35(5,6)7/h9-12,24-26,29-30H,8,13-23H2,1-7H3,(H,37,44)/t29?,30-,36?/m1/s1. The molecule has 1 spiro atoms. The predicted octanol–water partition coefficient (Wildman–Crippen LogP) is 7.26. The Kier molecular flexibility index (Phi) is 10.1. The zero-order valence-corrected chi connectivity index (χ0v) is 28.7. The molecule has 3 aliphatic heterocycles. The van der Waals surface area contributed by atoms with E-state index in [0.717, 1.165) is 70.0 Å². The maximum absolute atomic E-state index is 14.7. The summed E-state index contributed by atoms with van der Waals surface area (Å²) in [5.41, 5.74) is 1.37. The van der Waals surface area contributed by atoms with E-state index in [0.29, 0.717) is 47.6 Å². The molecule has 0 unspecified atom stereocenters. The van der Waals surface area contributed by atoms with E-state index in [4.69, 9.17) is 4.99 Å². The van der Waals surface area contributed by atoms with Gasteiger partial charge in [0.15, 0.2) is 18.3 Å². The summed E-state index contributed by atoms with van der Waals surface area (Å²) >= 11 is 0. The van der Waals surface area contributed by atoms with Crippen molar-refractivity contribution in [1.82, 2.24) is 15.1 Å². The van der Waals surface area contributed by atoms with E-state index in [9.17, 15) is 9.59 Å². The van der Waals surface area contributed by atoms with E-state index in [1.165, 1.54) is 0 Å². The number of carbonyl (C=O) groups is 2. The Morgan fingerprint density at radius 2 is 1.67 bits per heavy atom. The van der Waals surface area contributed by atoms with E-state index in [2.05, 4.69) is 78.8 Å². The number of aliphatic imine (C=N–C) groups is 2. The summed E-state index contributed by atoms with van der Waals surface area (Å²) in [6, 6.07) is 7.74. The first kappa shape index (κ1) is 33.3. The Morgan fingerprint density at radius 3 is 2.22 bits per heavy atom. The predicted molar refractivity (Wildman–Crippen MR) is 180 cm³/mol. The minimum absolute atomic E-state index is 0.0919. The Hall–Kier alpha value is -3.10. The molecule has 9 heteroatoms. The zero-order chi connectivity index (χ0) is 32.4. The van der Waals surface area contributed by atoms with E-state index < -0.39 is 5.66 Å². The molecule has 0 radical (unpaired) electrons. The summed E-state index contributed by atoms with van der Waals surface area (Å²) < 4.78 is 0. The molecule has 2 fully saturated rings. The van der Waals surface area contributed by atoms with Crippen LogP contribution in [0.1, 0.15) is 122 Å². The van der Waals surface area contributed by atoms with Gasteiger partial charge in [-0.2, -0.15) is 5.11 Å². The molecule has 1 aromatic rings. The number of azo groups is 1. The number of nitrogens with zero attached hydrogens (tertiary/aromatic N) is 6. The summed E-state index contributed by atoms with van der Waals surface area (Å²) in [4.78, 5) is 41.7. The lowest BCUT2D eigenvalue weighted by Crippen LogP contribution is -2.52. The minimum Gasteiger partial charge on any atom is -0.352 e. The van der Waals surface area contributed by atoms with Crippen LogP contribution >= 0.6 is 0 Å². The van der Waals surface area contributed by atoms with Crippen LogP contribution in [0, 0.1) is 29.1 Å². The van der Waals surface area contributed by atoms with E-state index in [1.54, 1.807) is 0 Å². The number of hydrogen-bond donors (Lipinski definition) is 1. The molecule has 1 saturated carbocycles. The highest BCUT2D eigenvalue weighted by Gasteiger charge is 2.53. The van der Waals surface area contributed by atoms with Crippen LogP contribution < -0.4 is 5.32 Å². The minimum atomic E-state index is -0.517. The summed E-state index contributed by atoms with van der Waals surface area (Å²) in [6.07, 6.45) is 8.02. The molecule has 5 rings (SSSR count). The molecule has 1 saturated heterocycles. The third-order valence-corrected chi connectivity index (χ3v) is 10.8. The molecule has 1 aromatic carbocycles. The fraction of sp³-hybridized carbons (Fsp3) is 0.722. The molecule has 45 heavy (non-hydrogen) atoms. The van der Waals surface area contributed by atoms with Crippen molar-refractivity contribution in [2.24, 2.45) is 49.3 Å². The van der Waals surface area contributed by atoms with Crippen LogP contribution in [-0.4, -0.2) is 65.3 Å². The quantitative estimate of drug-likeness (QED) is 0.316. The van der Waals surface area contributed by atoms with Crippen molar-refractivity contribution in [3.05, 3.63) is 35.4 Å². The number of piperidine rings is 1. The second-order valence-corrected chi connectivity index (χ2v) is 15.6.